The number of Topliss-reactive ketones (excluding diaryl/α,β-unsaturated/α-hetero) is 1. The van der Waals surface area contributed by atoms with Gasteiger partial charge in [-0.3, -0.25) is 4.79 Å². The molecule has 5 nitrogen and oxygen atoms in total. The SMILES string of the molecule is CC(=O)c1sc(NC2(C)CCC2)nc1C(=O)O. The molecule has 0 amide bonds. The number of hydrogen-bond acceptors (Lipinski definition) is 5. The first-order chi connectivity index (χ1) is 7.91. The van der Waals surface area contributed by atoms with Gasteiger partial charge in [0.15, 0.2) is 16.6 Å². The Morgan fingerprint density at radius 3 is 2.47 bits per heavy atom. The molecule has 0 spiro atoms. The molecule has 6 heteroatoms. The van der Waals surface area contributed by atoms with Crippen LogP contribution in [0.2, 0.25) is 0 Å². The normalized spacial score (nSPS) is 17.3. The number of rotatable bonds is 4. The van der Waals surface area contributed by atoms with Crippen LogP contribution in [0.5, 0.6) is 0 Å². The van der Waals surface area contributed by atoms with Crippen molar-refractivity contribution < 1.29 is 14.7 Å². The van der Waals surface area contributed by atoms with Gasteiger partial charge in [-0.1, -0.05) is 11.3 Å². The number of ketones is 1. The van der Waals surface area contributed by atoms with Gasteiger partial charge < -0.3 is 10.4 Å². The second-order valence-corrected chi connectivity index (χ2v) is 5.60. The number of carboxylic acids is 1. The molecule has 0 aliphatic heterocycles. The Bertz CT molecular complexity index is 446. The van der Waals surface area contributed by atoms with Gasteiger partial charge in [-0.25, -0.2) is 9.78 Å². The van der Waals surface area contributed by atoms with Gasteiger partial charge in [-0.15, -0.1) is 0 Å². The van der Waals surface area contributed by atoms with Crippen molar-refractivity contribution in [1.82, 2.24) is 4.98 Å². The lowest BCUT2D eigenvalue weighted by atomic mass is 9.79. The molecule has 2 N–H and O–H groups in total. The molecule has 1 saturated carbocycles. The molecule has 2 rings (SSSR count). The number of carbonyl (C=O) groups is 2. The first-order valence-corrected chi connectivity index (χ1v) is 6.26. The maximum Gasteiger partial charge on any atom is 0.356 e. The second kappa shape index (κ2) is 4.10. The number of aromatic nitrogens is 1. The minimum atomic E-state index is -1.15. The first-order valence-electron chi connectivity index (χ1n) is 5.44. The predicted octanol–water partition coefficient (Wildman–Crippen LogP) is 2.40. The minimum Gasteiger partial charge on any atom is -0.476 e. The van der Waals surface area contributed by atoms with Gasteiger partial charge in [0.1, 0.15) is 4.88 Å². The lowest BCUT2D eigenvalue weighted by Gasteiger charge is -2.39. The zero-order chi connectivity index (χ0) is 12.6. The summed E-state index contributed by atoms with van der Waals surface area (Å²) in [6.07, 6.45) is 3.26. The number of nitrogens with one attached hydrogen (secondary N) is 1. The van der Waals surface area contributed by atoms with E-state index in [-0.39, 0.29) is 21.9 Å². The van der Waals surface area contributed by atoms with Crippen LogP contribution in [0.3, 0.4) is 0 Å². The summed E-state index contributed by atoms with van der Waals surface area (Å²) in [5, 5.41) is 12.7. The molecule has 92 valence electrons. The molecule has 0 saturated heterocycles. The van der Waals surface area contributed by atoms with E-state index in [4.69, 9.17) is 5.11 Å². The number of anilines is 1. The number of hydrogen-bond donors (Lipinski definition) is 2. The van der Waals surface area contributed by atoms with E-state index in [1.54, 1.807) is 0 Å². The zero-order valence-corrected chi connectivity index (χ0v) is 10.6. The van der Waals surface area contributed by atoms with Crippen molar-refractivity contribution >= 4 is 28.2 Å². The van der Waals surface area contributed by atoms with Crippen molar-refractivity contribution in [3.05, 3.63) is 10.6 Å². The molecular weight excluding hydrogens is 240 g/mol. The van der Waals surface area contributed by atoms with Gasteiger partial charge in [0, 0.05) is 12.5 Å². The van der Waals surface area contributed by atoms with Crippen molar-refractivity contribution in [2.24, 2.45) is 0 Å². The largest absolute Gasteiger partial charge is 0.476 e. The van der Waals surface area contributed by atoms with Crippen molar-refractivity contribution in [2.45, 2.75) is 38.6 Å². The maximum atomic E-state index is 11.3. The van der Waals surface area contributed by atoms with E-state index in [1.165, 1.54) is 13.3 Å². The summed E-state index contributed by atoms with van der Waals surface area (Å²) in [6, 6.07) is 0. The van der Waals surface area contributed by atoms with E-state index in [1.807, 2.05) is 0 Å². The monoisotopic (exact) mass is 254 g/mol. The molecule has 17 heavy (non-hydrogen) atoms. The number of nitrogens with zero attached hydrogens (tertiary/aromatic N) is 1. The van der Waals surface area contributed by atoms with Crippen LogP contribution in [-0.4, -0.2) is 27.4 Å². The Labute approximate surface area is 103 Å². The molecular formula is C11H14N2O3S. The summed E-state index contributed by atoms with van der Waals surface area (Å²) in [5.41, 5.74) is -0.144. The van der Waals surface area contributed by atoms with Crippen LogP contribution in [0, 0.1) is 0 Å². The third-order valence-corrected chi connectivity index (χ3v) is 4.09. The van der Waals surface area contributed by atoms with E-state index in [0.29, 0.717) is 5.13 Å². The van der Waals surface area contributed by atoms with E-state index < -0.39 is 5.97 Å². The molecule has 0 radical (unpaired) electrons. The first kappa shape index (κ1) is 12.0. The van der Waals surface area contributed by atoms with Gasteiger partial charge in [0.25, 0.3) is 0 Å². The van der Waals surface area contributed by atoms with Crippen LogP contribution in [0.25, 0.3) is 0 Å². The van der Waals surface area contributed by atoms with E-state index >= 15 is 0 Å². The fraction of sp³-hybridized carbons (Fsp3) is 0.545. The van der Waals surface area contributed by atoms with Crippen molar-refractivity contribution in [2.75, 3.05) is 5.32 Å². The smallest absolute Gasteiger partial charge is 0.356 e. The highest BCUT2D eigenvalue weighted by Crippen LogP contribution is 2.36. The van der Waals surface area contributed by atoms with Gasteiger partial charge in [0.2, 0.25) is 0 Å². The Hall–Kier alpha value is -1.43. The van der Waals surface area contributed by atoms with Gasteiger partial charge >= 0.3 is 5.97 Å². The summed E-state index contributed by atoms with van der Waals surface area (Å²) < 4.78 is 0. The van der Waals surface area contributed by atoms with E-state index in [9.17, 15) is 9.59 Å². The van der Waals surface area contributed by atoms with Crippen molar-refractivity contribution in [3.63, 3.8) is 0 Å². The fourth-order valence-electron chi connectivity index (χ4n) is 1.85. The molecule has 1 aromatic rings. The minimum absolute atomic E-state index is 0.00167. The average Bonchev–Trinajstić information content (AvgIpc) is 2.59. The van der Waals surface area contributed by atoms with E-state index in [2.05, 4.69) is 17.2 Å². The second-order valence-electron chi connectivity index (χ2n) is 4.60. The Balaban J connectivity index is 2.27. The van der Waals surface area contributed by atoms with Crippen LogP contribution in [0.15, 0.2) is 0 Å². The Morgan fingerprint density at radius 1 is 1.47 bits per heavy atom. The quantitative estimate of drug-likeness (QED) is 0.806. The lowest BCUT2D eigenvalue weighted by molar-refractivity contribution is 0.0687. The predicted molar refractivity (Wildman–Crippen MR) is 65.0 cm³/mol. The number of carbonyl (C=O) groups excluding carboxylic acids is 1. The molecule has 1 aromatic heterocycles. The summed E-state index contributed by atoms with van der Waals surface area (Å²) in [6.45, 7) is 3.43. The topological polar surface area (TPSA) is 79.3 Å². The van der Waals surface area contributed by atoms with Crippen LogP contribution in [0.1, 0.15) is 53.3 Å². The zero-order valence-electron chi connectivity index (χ0n) is 9.74. The average molecular weight is 254 g/mol. The van der Waals surface area contributed by atoms with Gasteiger partial charge in [-0.2, -0.15) is 0 Å². The number of aromatic carboxylic acids is 1. The van der Waals surface area contributed by atoms with E-state index in [0.717, 1.165) is 24.2 Å². The lowest BCUT2D eigenvalue weighted by Crippen LogP contribution is -2.41. The summed E-state index contributed by atoms with van der Waals surface area (Å²) in [5.74, 6) is -1.41. The number of thiazole rings is 1. The standard InChI is InChI=1S/C11H14N2O3S/c1-6(14)8-7(9(15)16)12-10(17-8)13-11(2)4-3-5-11/h3-5H2,1-2H3,(H,12,13)(H,15,16). The molecule has 0 atom stereocenters. The third-order valence-electron chi connectivity index (χ3n) is 3.02. The summed E-state index contributed by atoms with van der Waals surface area (Å²) in [4.78, 5) is 26.5. The summed E-state index contributed by atoms with van der Waals surface area (Å²) in [7, 11) is 0. The molecule has 1 aliphatic carbocycles. The van der Waals surface area contributed by atoms with Crippen LogP contribution < -0.4 is 5.32 Å². The fourth-order valence-corrected chi connectivity index (χ4v) is 2.85. The van der Waals surface area contributed by atoms with Crippen LogP contribution in [-0.2, 0) is 0 Å². The molecule has 0 aromatic carbocycles. The molecule has 1 fully saturated rings. The van der Waals surface area contributed by atoms with Crippen LogP contribution in [0.4, 0.5) is 5.13 Å². The highest BCUT2D eigenvalue weighted by atomic mass is 32.1. The summed E-state index contributed by atoms with van der Waals surface area (Å²) >= 11 is 1.12. The molecule has 1 heterocycles. The maximum absolute atomic E-state index is 11.3. The Kier molecular flexibility index (Phi) is 2.91. The van der Waals surface area contributed by atoms with Crippen LogP contribution >= 0.6 is 11.3 Å². The Morgan fingerprint density at radius 2 is 2.12 bits per heavy atom. The van der Waals surface area contributed by atoms with Crippen molar-refractivity contribution in [1.29, 1.82) is 0 Å². The highest BCUT2D eigenvalue weighted by molar-refractivity contribution is 7.17. The molecule has 1 aliphatic rings. The van der Waals surface area contributed by atoms with Gasteiger partial charge in [-0.05, 0) is 26.2 Å². The number of carboxylic acid groups (broad SMARTS) is 1. The van der Waals surface area contributed by atoms with Crippen molar-refractivity contribution in [3.8, 4) is 0 Å². The highest BCUT2D eigenvalue weighted by Gasteiger charge is 2.33. The van der Waals surface area contributed by atoms with Gasteiger partial charge in [0.05, 0.1) is 0 Å². The molecule has 0 unspecified atom stereocenters. The molecule has 0 bridgehead atoms. The third kappa shape index (κ3) is 2.31.